The van der Waals surface area contributed by atoms with Crippen molar-refractivity contribution in [2.75, 3.05) is 17.3 Å². The molecule has 1 heterocycles. The lowest BCUT2D eigenvalue weighted by atomic mass is 9.81. The minimum atomic E-state index is -0.911. The molecule has 5 nitrogen and oxygen atoms in total. The van der Waals surface area contributed by atoms with Gasteiger partial charge in [0.2, 0.25) is 17.7 Å². The van der Waals surface area contributed by atoms with Crippen molar-refractivity contribution in [3.63, 3.8) is 0 Å². The van der Waals surface area contributed by atoms with Crippen LogP contribution in [0.1, 0.15) is 32.1 Å². The third kappa shape index (κ3) is 4.21. The average molecular weight is 457 g/mol. The summed E-state index contributed by atoms with van der Waals surface area (Å²) in [6, 6.07) is 3.42. The van der Waals surface area contributed by atoms with Gasteiger partial charge < -0.3 is 5.32 Å². The van der Waals surface area contributed by atoms with Crippen LogP contribution in [-0.4, -0.2) is 40.7 Å². The fourth-order valence-corrected chi connectivity index (χ4v) is 4.70. The molecule has 1 aromatic rings. The van der Waals surface area contributed by atoms with Crippen LogP contribution in [0.5, 0.6) is 0 Å². The van der Waals surface area contributed by atoms with Crippen LogP contribution in [0.3, 0.4) is 0 Å². The van der Waals surface area contributed by atoms with Crippen molar-refractivity contribution >= 4 is 51.1 Å². The summed E-state index contributed by atoms with van der Waals surface area (Å²) in [5.74, 6) is -1.59. The van der Waals surface area contributed by atoms with E-state index in [0.717, 1.165) is 17.7 Å². The molecule has 0 radical (unpaired) electrons. The number of thioether (sulfide) groups is 1. The summed E-state index contributed by atoms with van der Waals surface area (Å²) in [7, 11) is 0. The second-order valence-corrected chi connectivity index (χ2v) is 8.86. The Labute approximate surface area is 170 Å². The number of carbonyl (C=O) groups is 3. The first-order chi connectivity index (χ1) is 12.9. The molecule has 2 fully saturated rings. The van der Waals surface area contributed by atoms with Crippen molar-refractivity contribution in [3.8, 4) is 0 Å². The van der Waals surface area contributed by atoms with Crippen LogP contribution in [0, 0.1) is 17.7 Å². The topological polar surface area (TPSA) is 66.5 Å². The van der Waals surface area contributed by atoms with E-state index in [4.69, 9.17) is 0 Å². The Morgan fingerprint density at radius 2 is 1.93 bits per heavy atom. The first-order valence-corrected chi connectivity index (χ1v) is 11.2. The number of hydrogen-bond acceptors (Lipinski definition) is 4. The summed E-state index contributed by atoms with van der Waals surface area (Å²) in [5.41, 5.74) is 0.0360. The van der Waals surface area contributed by atoms with E-state index in [2.05, 4.69) is 21.2 Å². The number of likely N-dealkylation sites (tertiary alicyclic amines) is 1. The quantitative estimate of drug-likeness (QED) is 0.660. The van der Waals surface area contributed by atoms with Crippen LogP contribution in [0.2, 0.25) is 0 Å². The number of anilines is 1. The van der Waals surface area contributed by atoms with Crippen LogP contribution in [0.15, 0.2) is 22.7 Å². The van der Waals surface area contributed by atoms with E-state index in [1.807, 2.05) is 6.26 Å². The zero-order chi connectivity index (χ0) is 19.6. The van der Waals surface area contributed by atoms with E-state index >= 15 is 0 Å². The maximum Gasteiger partial charge on any atom is 0.247 e. The molecule has 1 N–H and O–H groups in total. The predicted molar refractivity (Wildman–Crippen MR) is 107 cm³/mol. The van der Waals surface area contributed by atoms with Gasteiger partial charge >= 0.3 is 0 Å². The van der Waals surface area contributed by atoms with Gasteiger partial charge in [0.15, 0.2) is 0 Å². The highest BCUT2D eigenvalue weighted by Crippen LogP contribution is 2.39. The molecular formula is C19H22BrFN2O3S. The standard InChI is InChI=1S/C19H22BrFN2O3S/c1-27-9-8-16(17(24)22-15-7-6-11(20)10-14(15)21)23-18(25)12-4-2-3-5-13(12)19(23)26/h6-7,10,12-13,16H,2-5,8-9H2,1H3,(H,22,24). The molecule has 8 heteroatoms. The van der Waals surface area contributed by atoms with Gasteiger partial charge in [-0.1, -0.05) is 28.8 Å². The average Bonchev–Trinajstić information content (AvgIpc) is 2.90. The fraction of sp³-hybridized carbons (Fsp3) is 0.526. The molecule has 1 aliphatic heterocycles. The van der Waals surface area contributed by atoms with Gasteiger partial charge in [0.05, 0.1) is 17.5 Å². The highest BCUT2D eigenvalue weighted by Gasteiger charge is 2.51. The van der Waals surface area contributed by atoms with Gasteiger partial charge in [-0.25, -0.2) is 4.39 Å². The van der Waals surface area contributed by atoms with Crippen molar-refractivity contribution in [2.24, 2.45) is 11.8 Å². The molecule has 1 aliphatic carbocycles. The van der Waals surface area contributed by atoms with Crippen LogP contribution in [0.25, 0.3) is 0 Å². The molecule has 2 aliphatic rings. The van der Waals surface area contributed by atoms with Gasteiger partial charge in [-0.2, -0.15) is 11.8 Å². The molecule has 1 aromatic carbocycles. The lowest BCUT2D eigenvalue weighted by molar-refractivity contribution is -0.146. The molecule has 3 atom stereocenters. The molecule has 0 bridgehead atoms. The number of nitrogens with zero attached hydrogens (tertiary/aromatic N) is 1. The van der Waals surface area contributed by atoms with Crippen LogP contribution in [-0.2, 0) is 14.4 Å². The molecule has 0 spiro atoms. The monoisotopic (exact) mass is 456 g/mol. The summed E-state index contributed by atoms with van der Waals surface area (Å²) >= 11 is 4.71. The van der Waals surface area contributed by atoms with Gasteiger partial charge in [0.25, 0.3) is 0 Å². The van der Waals surface area contributed by atoms with Gasteiger partial charge in [-0.15, -0.1) is 0 Å². The number of rotatable bonds is 6. The van der Waals surface area contributed by atoms with Crippen molar-refractivity contribution in [1.82, 2.24) is 4.90 Å². The van der Waals surface area contributed by atoms with Crippen LogP contribution < -0.4 is 5.32 Å². The Hall–Kier alpha value is -1.41. The van der Waals surface area contributed by atoms with E-state index in [1.165, 1.54) is 23.9 Å². The fourth-order valence-electron chi connectivity index (χ4n) is 3.91. The largest absolute Gasteiger partial charge is 0.322 e. The summed E-state index contributed by atoms with van der Waals surface area (Å²) < 4.78 is 14.7. The molecule has 3 rings (SSSR count). The minimum absolute atomic E-state index is 0.0360. The zero-order valence-corrected chi connectivity index (χ0v) is 17.4. The SMILES string of the molecule is CSCCC(C(=O)Nc1ccc(Br)cc1F)N1C(=O)C2CCCCC2C1=O. The van der Waals surface area contributed by atoms with Crippen LogP contribution >= 0.6 is 27.7 Å². The molecule has 3 amide bonds. The molecule has 1 saturated heterocycles. The van der Waals surface area contributed by atoms with Gasteiger partial charge in [-0.3, -0.25) is 19.3 Å². The highest BCUT2D eigenvalue weighted by atomic mass is 79.9. The number of imide groups is 1. The maximum absolute atomic E-state index is 14.1. The third-order valence-electron chi connectivity index (χ3n) is 5.27. The predicted octanol–water partition coefficient (Wildman–Crippen LogP) is 3.82. The molecule has 0 aromatic heterocycles. The number of amides is 3. The van der Waals surface area contributed by atoms with Gasteiger partial charge in [-0.05, 0) is 49.5 Å². The molecule has 1 saturated carbocycles. The Morgan fingerprint density at radius 3 is 2.48 bits per heavy atom. The number of nitrogens with one attached hydrogen (secondary N) is 1. The van der Waals surface area contributed by atoms with Gasteiger partial charge in [0, 0.05) is 4.47 Å². The number of benzene rings is 1. The van der Waals surface area contributed by atoms with E-state index in [1.54, 1.807) is 6.07 Å². The van der Waals surface area contributed by atoms with Gasteiger partial charge in [0.1, 0.15) is 11.9 Å². The Bertz CT molecular complexity index is 736. The number of carbonyl (C=O) groups excluding carboxylic acids is 3. The third-order valence-corrected chi connectivity index (χ3v) is 6.41. The van der Waals surface area contributed by atoms with E-state index in [0.29, 0.717) is 29.5 Å². The van der Waals surface area contributed by atoms with E-state index in [-0.39, 0.29) is 29.3 Å². The zero-order valence-electron chi connectivity index (χ0n) is 15.0. The second-order valence-electron chi connectivity index (χ2n) is 6.95. The summed E-state index contributed by atoms with van der Waals surface area (Å²) in [6.45, 7) is 0. The summed E-state index contributed by atoms with van der Waals surface area (Å²) in [4.78, 5) is 39.8. The number of halogens is 2. The number of fused-ring (bicyclic) bond motifs is 1. The minimum Gasteiger partial charge on any atom is -0.322 e. The van der Waals surface area contributed by atoms with Crippen molar-refractivity contribution in [2.45, 2.75) is 38.1 Å². The smallest absolute Gasteiger partial charge is 0.247 e. The van der Waals surface area contributed by atoms with Crippen molar-refractivity contribution in [3.05, 3.63) is 28.5 Å². The number of hydrogen-bond donors (Lipinski definition) is 1. The Morgan fingerprint density at radius 1 is 1.30 bits per heavy atom. The summed E-state index contributed by atoms with van der Waals surface area (Å²) in [6.07, 6.45) is 5.51. The van der Waals surface area contributed by atoms with Crippen molar-refractivity contribution in [1.29, 1.82) is 0 Å². The lowest BCUT2D eigenvalue weighted by Crippen LogP contribution is -2.48. The van der Waals surface area contributed by atoms with E-state index < -0.39 is 17.8 Å². The summed E-state index contributed by atoms with van der Waals surface area (Å²) in [5, 5.41) is 2.56. The highest BCUT2D eigenvalue weighted by molar-refractivity contribution is 9.10. The molecular weight excluding hydrogens is 435 g/mol. The molecule has 3 unspecified atom stereocenters. The van der Waals surface area contributed by atoms with Crippen molar-refractivity contribution < 1.29 is 18.8 Å². The Kier molecular flexibility index (Phi) is 6.57. The van der Waals surface area contributed by atoms with E-state index in [9.17, 15) is 18.8 Å². The first kappa shape index (κ1) is 20.3. The molecule has 146 valence electrons. The second kappa shape index (κ2) is 8.73. The molecule has 27 heavy (non-hydrogen) atoms. The maximum atomic E-state index is 14.1. The van der Waals surface area contributed by atoms with Crippen LogP contribution in [0.4, 0.5) is 10.1 Å². The normalized spacial score (nSPS) is 23.3. The lowest BCUT2D eigenvalue weighted by Gasteiger charge is -2.26. The first-order valence-electron chi connectivity index (χ1n) is 9.05. The Balaban J connectivity index is 1.83.